The van der Waals surface area contributed by atoms with E-state index in [0.29, 0.717) is 15.0 Å². The van der Waals surface area contributed by atoms with Gasteiger partial charge in [-0.05, 0) is 53.6 Å². The first-order valence-corrected chi connectivity index (χ1v) is 12.3. The van der Waals surface area contributed by atoms with Crippen molar-refractivity contribution >= 4 is 50.3 Å². The third-order valence-corrected chi connectivity index (χ3v) is 6.93. The second kappa shape index (κ2) is 9.25. The molecule has 1 heterocycles. The molecule has 32 heavy (non-hydrogen) atoms. The maximum absolute atomic E-state index is 12.9. The number of sulfonamides is 1. The number of carbonyl (C=O) groups is 1. The average molecular weight is 483 g/mol. The van der Waals surface area contributed by atoms with Gasteiger partial charge in [0.1, 0.15) is 15.8 Å². The molecule has 1 aliphatic heterocycles. The van der Waals surface area contributed by atoms with Crippen LogP contribution < -0.4 is 9.88 Å². The Morgan fingerprint density at radius 3 is 2.19 bits per heavy atom. The van der Waals surface area contributed by atoms with Crippen LogP contribution in [0, 0.1) is 0 Å². The Labute approximate surface area is 195 Å². The maximum Gasteiger partial charge on any atom is 0.266 e. The maximum atomic E-state index is 12.9. The van der Waals surface area contributed by atoms with Crippen LogP contribution in [0.25, 0.3) is 6.08 Å². The van der Waals surface area contributed by atoms with Crippen molar-refractivity contribution in [2.24, 2.45) is 5.14 Å². The molecular weight excluding hydrogens is 464 g/mol. The summed E-state index contributed by atoms with van der Waals surface area (Å²) in [6.07, 6.45) is 1.79. The summed E-state index contributed by atoms with van der Waals surface area (Å²) in [5.74, 6) is 1.25. The minimum atomic E-state index is -3.76. The number of ether oxygens (including phenoxy) is 1. The summed E-state index contributed by atoms with van der Waals surface area (Å²) in [5, 5.41) is 5.12. The molecule has 0 unspecified atom stereocenters. The first-order valence-electron chi connectivity index (χ1n) is 9.50. The molecule has 3 aromatic rings. The smallest absolute Gasteiger partial charge is 0.266 e. The van der Waals surface area contributed by atoms with Crippen LogP contribution in [0.15, 0.2) is 88.7 Å². The number of benzene rings is 3. The number of hydrogen-bond acceptors (Lipinski definition) is 6. The summed E-state index contributed by atoms with van der Waals surface area (Å²) < 4.78 is 29.0. The number of primary sulfonamides is 1. The number of amides is 1. The van der Waals surface area contributed by atoms with Crippen molar-refractivity contribution in [3.8, 4) is 11.5 Å². The molecule has 3 aromatic carbocycles. The van der Waals surface area contributed by atoms with E-state index in [1.165, 1.54) is 28.8 Å². The van der Waals surface area contributed by atoms with Crippen molar-refractivity contribution in [2.75, 3.05) is 0 Å². The van der Waals surface area contributed by atoms with Gasteiger partial charge in [-0.25, -0.2) is 13.6 Å². The predicted molar refractivity (Wildman–Crippen MR) is 129 cm³/mol. The van der Waals surface area contributed by atoms with E-state index in [2.05, 4.69) is 0 Å². The van der Waals surface area contributed by atoms with Gasteiger partial charge in [0.25, 0.3) is 5.91 Å². The zero-order valence-electron chi connectivity index (χ0n) is 16.7. The number of thiocarbonyl (C=S) groups is 1. The molecule has 0 spiro atoms. The molecular formula is C23H18N2O4S3. The molecule has 1 aliphatic rings. The molecule has 0 aliphatic carbocycles. The molecule has 1 saturated heterocycles. The van der Waals surface area contributed by atoms with E-state index in [-0.39, 0.29) is 17.3 Å². The number of hydrogen-bond donors (Lipinski definition) is 1. The van der Waals surface area contributed by atoms with Gasteiger partial charge in [-0.3, -0.25) is 9.69 Å². The first-order chi connectivity index (χ1) is 15.3. The second-order valence-corrected chi connectivity index (χ2v) is 10.2. The monoisotopic (exact) mass is 482 g/mol. The number of nitrogens with two attached hydrogens (primary N) is 1. The van der Waals surface area contributed by atoms with Crippen LogP contribution in [0.3, 0.4) is 0 Å². The molecule has 162 valence electrons. The molecule has 0 bridgehead atoms. The highest BCUT2D eigenvalue weighted by atomic mass is 32.2. The Hall–Kier alpha value is -2.98. The Morgan fingerprint density at radius 2 is 1.56 bits per heavy atom. The Morgan fingerprint density at radius 1 is 0.938 bits per heavy atom. The van der Waals surface area contributed by atoms with E-state index < -0.39 is 10.0 Å². The Kier molecular flexibility index (Phi) is 6.43. The molecule has 0 radical (unpaired) electrons. The molecule has 0 atom stereocenters. The fraction of sp³-hybridized carbons (Fsp3) is 0.0435. The van der Waals surface area contributed by atoms with Crippen LogP contribution in [0.2, 0.25) is 0 Å². The van der Waals surface area contributed by atoms with E-state index in [0.717, 1.165) is 16.9 Å². The van der Waals surface area contributed by atoms with E-state index in [9.17, 15) is 13.2 Å². The van der Waals surface area contributed by atoms with Crippen molar-refractivity contribution < 1.29 is 17.9 Å². The molecule has 1 amide bonds. The lowest BCUT2D eigenvalue weighted by molar-refractivity contribution is -0.122. The fourth-order valence-electron chi connectivity index (χ4n) is 3.01. The van der Waals surface area contributed by atoms with Gasteiger partial charge >= 0.3 is 0 Å². The third kappa shape index (κ3) is 5.25. The van der Waals surface area contributed by atoms with Crippen LogP contribution in [-0.2, 0) is 21.4 Å². The van der Waals surface area contributed by atoms with Crippen LogP contribution >= 0.6 is 24.0 Å². The Balaban J connectivity index is 1.45. The van der Waals surface area contributed by atoms with Crippen LogP contribution in [0.5, 0.6) is 11.5 Å². The molecule has 4 rings (SSSR count). The van der Waals surface area contributed by atoms with Crippen molar-refractivity contribution in [1.29, 1.82) is 0 Å². The van der Waals surface area contributed by atoms with Gasteiger partial charge < -0.3 is 4.74 Å². The van der Waals surface area contributed by atoms with Gasteiger partial charge in [0.05, 0.1) is 16.3 Å². The van der Waals surface area contributed by atoms with Gasteiger partial charge in [-0.2, -0.15) is 0 Å². The molecule has 9 heteroatoms. The summed E-state index contributed by atoms with van der Waals surface area (Å²) >= 11 is 6.61. The average Bonchev–Trinajstić information content (AvgIpc) is 3.03. The van der Waals surface area contributed by atoms with Crippen molar-refractivity contribution in [3.63, 3.8) is 0 Å². The molecule has 1 fully saturated rings. The Bertz CT molecular complexity index is 1290. The van der Waals surface area contributed by atoms with Crippen molar-refractivity contribution in [1.82, 2.24) is 4.90 Å². The van der Waals surface area contributed by atoms with Crippen molar-refractivity contribution in [2.45, 2.75) is 11.4 Å². The summed E-state index contributed by atoms with van der Waals surface area (Å²) in [4.78, 5) is 14.9. The molecule has 0 aromatic heterocycles. The quantitative estimate of drug-likeness (QED) is 0.410. The zero-order valence-corrected chi connectivity index (χ0v) is 19.1. The lowest BCUT2D eigenvalue weighted by Gasteiger charge is -2.14. The molecule has 2 N–H and O–H groups in total. The number of carbonyl (C=O) groups excluding carboxylic acids is 1. The van der Waals surface area contributed by atoms with Gasteiger partial charge in [0.2, 0.25) is 10.0 Å². The topological polar surface area (TPSA) is 89.7 Å². The van der Waals surface area contributed by atoms with Crippen LogP contribution in [0.4, 0.5) is 0 Å². The zero-order chi connectivity index (χ0) is 22.7. The fourth-order valence-corrected chi connectivity index (χ4v) is 4.78. The highest BCUT2D eigenvalue weighted by molar-refractivity contribution is 8.26. The predicted octanol–water partition coefficient (Wildman–Crippen LogP) is 4.53. The SMILES string of the molecule is NS(=O)(=O)c1ccc(CN2C(=O)/C(=C\c3ccc(Oc4ccccc4)cc3)SC2=S)cc1. The normalized spacial score (nSPS) is 15.4. The van der Waals surface area contributed by atoms with Crippen LogP contribution in [0.1, 0.15) is 11.1 Å². The minimum absolute atomic E-state index is 0.0197. The van der Waals surface area contributed by atoms with E-state index >= 15 is 0 Å². The van der Waals surface area contributed by atoms with Crippen LogP contribution in [-0.4, -0.2) is 23.5 Å². The lowest BCUT2D eigenvalue weighted by Crippen LogP contribution is -2.27. The highest BCUT2D eigenvalue weighted by Gasteiger charge is 2.32. The van der Waals surface area contributed by atoms with E-state index in [1.54, 1.807) is 18.2 Å². The summed E-state index contributed by atoms with van der Waals surface area (Å²) in [6, 6.07) is 23.0. The summed E-state index contributed by atoms with van der Waals surface area (Å²) in [6.45, 7) is 0.247. The summed E-state index contributed by atoms with van der Waals surface area (Å²) in [7, 11) is -3.76. The van der Waals surface area contributed by atoms with Gasteiger partial charge in [-0.1, -0.05) is 66.4 Å². The largest absolute Gasteiger partial charge is 0.457 e. The van der Waals surface area contributed by atoms with Gasteiger partial charge in [-0.15, -0.1) is 0 Å². The van der Waals surface area contributed by atoms with E-state index in [1.807, 2.05) is 54.6 Å². The molecule has 6 nitrogen and oxygen atoms in total. The number of para-hydroxylation sites is 1. The van der Waals surface area contributed by atoms with Gasteiger partial charge in [0.15, 0.2) is 0 Å². The van der Waals surface area contributed by atoms with E-state index in [4.69, 9.17) is 22.1 Å². The van der Waals surface area contributed by atoms with Crippen molar-refractivity contribution in [3.05, 3.63) is 94.9 Å². The number of thioether (sulfide) groups is 1. The number of nitrogens with zero attached hydrogens (tertiary/aromatic N) is 1. The van der Waals surface area contributed by atoms with Gasteiger partial charge in [0, 0.05) is 0 Å². The standard InChI is InChI=1S/C23H18N2O4S3/c24-32(27,28)20-12-8-17(9-13-20)15-25-22(26)21(31-23(25)30)14-16-6-10-19(11-7-16)29-18-4-2-1-3-5-18/h1-14H,15H2,(H2,24,27,28)/b21-14+. The third-order valence-electron chi connectivity index (χ3n) is 4.62. The number of rotatable bonds is 6. The highest BCUT2D eigenvalue weighted by Crippen LogP contribution is 2.34. The lowest BCUT2D eigenvalue weighted by atomic mass is 10.2. The molecule has 0 saturated carbocycles. The first kappa shape index (κ1) is 22.2. The summed E-state index contributed by atoms with van der Waals surface area (Å²) in [5.41, 5.74) is 1.60. The second-order valence-electron chi connectivity index (χ2n) is 6.94. The minimum Gasteiger partial charge on any atom is -0.457 e.